The Hall–Kier alpha value is -2.36. The zero-order valence-corrected chi connectivity index (χ0v) is 14.7. The second kappa shape index (κ2) is 6.17. The van der Waals surface area contributed by atoms with Crippen molar-refractivity contribution in [3.63, 3.8) is 0 Å². The summed E-state index contributed by atoms with van der Waals surface area (Å²) in [6, 6.07) is 10.4. The predicted octanol–water partition coefficient (Wildman–Crippen LogP) is 3.53. The highest BCUT2D eigenvalue weighted by atomic mass is 16.2. The van der Waals surface area contributed by atoms with Crippen LogP contribution in [-0.4, -0.2) is 28.7 Å². The molecule has 1 aromatic rings. The third-order valence-electron chi connectivity index (χ3n) is 5.66. The van der Waals surface area contributed by atoms with Crippen molar-refractivity contribution in [3.05, 3.63) is 53.8 Å². The number of carbonyl (C=O) groups excluding carboxylic acids is 2. The molecule has 4 heteroatoms. The summed E-state index contributed by atoms with van der Waals surface area (Å²) in [4.78, 5) is 26.5. The molecule has 3 aliphatic rings. The summed E-state index contributed by atoms with van der Waals surface area (Å²) in [6.07, 6.45) is 6.23. The van der Waals surface area contributed by atoms with Crippen molar-refractivity contribution in [2.45, 2.75) is 45.2 Å². The van der Waals surface area contributed by atoms with Gasteiger partial charge in [0.25, 0.3) is 0 Å². The van der Waals surface area contributed by atoms with Crippen molar-refractivity contribution < 1.29 is 9.59 Å². The van der Waals surface area contributed by atoms with Crippen LogP contribution in [0.3, 0.4) is 0 Å². The minimum absolute atomic E-state index is 0.0764. The average Bonchev–Trinajstić information content (AvgIpc) is 3.42. The lowest BCUT2D eigenvalue weighted by atomic mass is 9.77. The average molecular weight is 336 g/mol. The van der Waals surface area contributed by atoms with Gasteiger partial charge >= 0.3 is 0 Å². The van der Waals surface area contributed by atoms with E-state index in [4.69, 9.17) is 0 Å². The first-order valence-corrected chi connectivity index (χ1v) is 9.11. The topological polar surface area (TPSA) is 49.4 Å². The van der Waals surface area contributed by atoms with E-state index >= 15 is 0 Å². The van der Waals surface area contributed by atoms with Gasteiger partial charge in [-0.15, -0.1) is 0 Å². The highest BCUT2D eigenvalue weighted by Gasteiger charge is 2.48. The molecule has 1 saturated carbocycles. The van der Waals surface area contributed by atoms with E-state index in [0.717, 1.165) is 17.0 Å². The molecular weight excluding hydrogens is 312 g/mol. The number of benzene rings is 1. The van der Waals surface area contributed by atoms with Crippen molar-refractivity contribution >= 4 is 17.4 Å². The molecule has 4 nitrogen and oxygen atoms in total. The number of hydrogen-bond donors (Lipinski definition) is 1. The number of amides is 1. The van der Waals surface area contributed by atoms with Gasteiger partial charge in [-0.1, -0.05) is 25.1 Å². The highest BCUT2D eigenvalue weighted by Crippen LogP contribution is 2.47. The second-order valence-corrected chi connectivity index (χ2v) is 7.45. The van der Waals surface area contributed by atoms with Crippen molar-refractivity contribution in [1.82, 2.24) is 4.90 Å². The van der Waals surface area contributed by atoms with Crippen LogP contribution in [0.25, 0.3) is 0 Å². The third kappa shape index (κ3) is 2.90. The molecule has 0 aromatic heterocycles. The van der Waals surface area contributed by atoms with E-state index in [-0.39, 0.29) is 29.7 Å². The van der Waals surface area contributed by atoms with Gasteiger partial charge in [-0.3, -0.25) is 9.59 Å². The maximum absolute atomic E-state index is 12.4. The molecule has 2 aliphatic carbocycles. The van der Waals surface area contributed by atoms with Gasteiger partial charge in [-0.05, 0) is 48.6 Å². The molecule has 25 heavy (non-hydrogen) atoms. The van der Waals surface area contributed by atoms with E-state index in [1.807, 2.05) is 29.2 Å². The van der Waals surface area contributed by atoms with Gasteiger partial charge in [0, 0.05) is 36.7 Å². The summed E-state index contributed by atoms with van der Waals surface area (Å²) in [6.45, 7) is 3.86. The number of nitrogens with zero attached hydrogens (tertiary/aromatic N) is 1. The Bertz CT molecular complexity index is 761. The molecular formula is C21H24N2O2. The van der Waals surface area contributed by atoms with Crippen LogP contribution < -0.4 is 5.32 Å². The lowest BCUT2D eigenvalue weighted by Gasteiger charge is -2.47. The molecule has 130 valence electrons. The van der Waals surface area contributed by atoms with Crippen LogP contribution in [0, 0.1) is 11.8 Å². The normalized spacial score (nSPS) is 28.8. The monoisotopic (exact) mass is 336 g/mol. The van der Waals surface area contributed by atoms with Crippen LogP contribution in [0.2, 0.25) is 0 Å². The molecule has 1 N–H and O–H groups in total. The van der Waals surface area contributed by atoms with Gasteiger partial charge in [0.05, 0.1) is 6.04 Å². The van der Waals surface area contributed by atoms with Gasteiger partial charge in [0.1, 0.15) is 0 Å². The summed E-state index contributed by atoms with van der Waals surface area (Å²) in [5.41, 5.74) is 3.05. The molecule has 0 bridgehead atoms. The smallest absolute Gasteiger partial charge is 0.224 e. The number of anilines is 1. The number of rotatable bonds is 3. The van der Waals surface area contributed by atoms with E-state index < -0.39 is 0 Å². The first kappa shape index (κ1) is 16.1. The third-order valence-corrected chi connectivity index (χ3v) is 5.66. The fourth-order valence-corrected chi connectivity index (χ4v) is 4.42. The van der Waals surface area contributed by atoms with E-state index in [1.54, 1.807) is 13.0 Å². The maximum Gasteiger partial charge on any atom is 0.224 e. The number of hydrogen-bond acceptors (Lipinski definition) is 3. The lowest BCUT2D eigenvalue weighted by Crippen LogP contribution is -2.54. The molecule has 1 fully saturated rings. The second-order valence-electron chi connectivity index (χ2n) is 7.45. The molecule has 1 aromatic carbocycles. The van der Waals surface area contributed by atoms with Gasteiger partial charge in [0.2, 0.25) is 5.91 Å². The Morgan fingerprint density at radius 3 is 2.52 bits per heavy atom. The van der Waals surface area contributed by atoms with E-state index in [9.17, 15) is 9.59 Å². The molecule has 1 aliphatic heterocycles. The van der Waals surface area contributed by atoms with Gasteiger partial charge in [0.15, 0.2) is 5.78 Å². The number of nitrogens with one attached hydrogen (secondary N) is 1. The Labute approximate surface area is 148 Å². The van der Waals surface area contributed by atoms with E-state index in [1.165, 1.54) is 12.8 Å². The quantitative estimate of drug-likeness (QED) is 0.919. The molecule has 0 unspecified atom stereocenters. The molecule has 0 radical (unpaired) electrons. The minimum Gasteiger partial charge on any atom is -0.378 e. The van der Waals surface area contributed by atoms with Crippen LogP contribution in [0.1, 0.15) is 33.1 Å². The minimum atomic E-state index is 0.0764. The zero-order chi connectivity index (χ0) is 17.6. The molecule has 1 amide bonds. The largest absolute Gasteiger partial charge is 0.378 e. The fraction of sp³-hybridized carbons (Fsp3) is 0.429. The van der Waals surface area contributed by atoms with Crippen LogP contribution in [0.5, 0.6) is 0 Å². The van der Waals surface area contributed by atoms with Crippen molar-refractivity contribution in [1.29, 1.82) is 0 Å². The summed E-state index contributed by atoms with van der Waals surface area (Å²) < 4.78 is 0. The molecule has 0 saturated heterocycles. The summed E-state index contributed by atoms with van der Waals surface area (Å²) in [5, 5.41) is 3.64. The SMILES string of the molecule is CC(=O)N1C2=C(CC(=O)C=C2)[C@H](Nc2ccccc2)[C@@H](C)[C@@H]1C1CC1. The summed E-state index contributed by atoms with van der Waals surface area (Å²) >= 11 is 0. The number of carbonyl (C=O) groups is 2. The van der Waals surface area contributed by atoms with Gasteiger partial charge in [-0.2, -0.15) is 0 Å². The predicted molar refractivity (Wildman–Crippen MR) is 97.8 cm³/mol. The van der Waals surface area contributed by atoms with Crippen LogP contribution in [-0.2, 0) is 9.59 Å². The van der Waals surface area contributed by atoms with Crippen LogP contribution in [0.15, 0.2) is 53.8 Å². The Morgan fingerprint density at radius 2 is 1.88 bits per heavy atom. The number of allylic oxidation sites excluding steroid dienone is 2. The summed E-state index contributed by atoms with van der Waals surface area (Å²) in [7, 11) is 0. The molecule has 1 heterocycles. The van der Waals surface area contributed by atoms with Crippen LogP contribution >= 0.6 is 0 Å². The van der Waals surface area contributed by atoms with E-state index in [2.05, 4.69) is 24.4 Å². The van der Waals surface area contributed by atoms with Crippen LogP contribution in [0.4, 0.5) is 5.69 Å². The zero-order valence-electron chi connectivity index (χ0n) is 14.7. The lowest BCUT2D eigenvalue weighted by molar-refractivity contribution is -0.131. The first-order chi connectivity index (χ1) is 12.1. The van der Waals surface area contributed by atoms with Gasteiger partial charge in [-0.25, -0.2) is 0 Å². The van der Waals surface area contributed by atoms with E-state index in [0.29, 0.717) is 12.3 Å². The maximum atomic E-state index is 12.4. The molecule has 0 spiro atoms. The Morgan fingerprint density at radius 1 is 1.16 bits per heavy atom. The van der Waals surface area contributed by atoms with Crippen molar-refractivity contribution in [2.75, 3.05) is 5.32 Å². The fourth-order valence-electron chi connectivity index (χ4n) is 4.42. The van der Waals surface area contributed by atoms with Crippen molar-refractivity contribution in [3.8, 4) is 0 Å². The summed E-state index contributed by atoms with van der Waals surface area (Å²) in [5.74, 6) is 1.02. The van der Waals surface area contributed by atoms with Gasteiger partial charge < -0.3 is 10.2 Å². The molecule has 3 atom stereocenters. The number of ketones is 1. The Balaban J connectivity index is 1.78. The Kier molecular flexibility index (Phi) is 3.98. The standard InChI is InChI=1S/C21H24N2O2/c1-13-20(22-16-6-4-3-5-7-16)18-12-17(25)10-11-19(18)23(14(2)24)21(13)15-8-9-15/h3-7,10-11,13,15,20-22H,8-9,12H2,1-2H3/t13-,20-,21-/m1/s1. The first-order valence-electron chi connectivity index (χ1n) is 9.11. The molecule has 4 rings (SSSR count). The highest BCUT2D eigenvalue weighted by molar-refractivity contribution is 5.94. The van der Waals surface area contributed by atoms with Crippen molar-refractivity contribution in [2.24, 2.45) is 11.8 Å². The number of para-hydroxylation sites is 1.